The van der Waals surface area contributed by atoms with Crippen LogP contribution >= 0.6 is 15.9 Å². The maximum Gasteiger partial charge on any atom is 0.148 e. The molecule has 1 N–H and O–H groups in total. The van der Waals surface area contributed by atoms with Crippen LogP contribution in [0.25, 0.3) is 0 Å². The normalized spacial score (nSPS) is 11.7. The predicted octanol–water partition coefficient (Wildman–Crippen LogP) is 4.31. The highest BCUT2D eigenvalue weighted by Crippen LogP contribution is 2.20. The number of terminal acetylenes is 1. The molecule has 2 aromatic carbocycles. The van der Waals surface area contributed by atoms with E-state index in [0.29, 0.717) is 6.61 Å². The van der Waals surface area contributed by atoms with Crippen LogP contribution in [-0.2, 0) is 6.54 Å². The number of para-hydroxylation sites is 1. The van der Waals surface area contributed by atoms with Gasteiger partial charge in [0.2, 0.25) is 0 Å². The molecular formula is C18H18BrNO. The number of halogens is 1. The first-order valence-corrected chi connectivity index (χ1v) is 7.63. The summed E-state index contributed by atoms with van der Waals surface area (Å²) in [5.41, 5.74) is 2.36. The third-order valence-electron chi connectivity index (χ3n) is 3.25. The number of rotatable bonds is 6. The molecule has 0 radical (unpaired) electrons. The van der Waals surface area contributed by atoms with Crippen molar-refractivity contribution in [1.82, 2.24) is 5.32 Å². The van der Waals surface area contributed by atoms with E-state index >= 15 is 0 Å². The lowest BCUT2D eigenvalue weighted by Crippen LogP contribution is -2.18. The molecule has 0 saturated heterocycles. The number of hydrogen-bond acceptors (Lipinski definition) is 2. The van der Waals surface area contributed by atoms with Gasteiger partial charge in [-0.25, -0.2) is 0 Å². The SMILES string of the molecule is C#CCOc1ccccc1CNC(C)c1ccc(Br)cc1. The minimum Gasteiger partial charge on any atom is -0.481 e. The van der Waals surface area contributed by atoms with Gasteiger partial charge >= 0.3 is 0 Å². The molecule has 0 spiro atoms. The van der Waals surface area contributed by atoms with Crippen LogP contribution in [0, 0.1) is 12.3 Å². The molecule has 1 atom stereocenters. The first-order chi connectivity index (χ1) is 10.2. The molecule has 0 aliphatic heterocycles. The fraction of sp³-hybridized carbons (Fsp3) is 0.222. The van der Waals surface area contributed by atoms with Crippen molar-refractivity contribution in [3.8, 4) is 18.1 Å². The minimum absolute atomic E-state index is 0.263. The Morgan fingerprint density at radius 1 is 1.19 bits per heavy atom. The van der Waals surface area contributed by atoms with E-state index in [-0.39, 0.29) is 6.04 Å². The van der Waals surface area contributed by atoms with Crippen LogP contribution < -0.4 is 10.1 Å². The Morgan fingerprint density at radius 3 is 2.62 bits per heavy atom. The quantitative estimate of drug-likeness (QED) is 0.789. The van der Waals surface area contributed by atoms with Crippen LogP contribution in [0.3, 0.4) is 0 Å². The van der Waals surface area contributed by atoms with Gasteiger partial charge in [-0.3, -0.25) is 0 Å². The maximum atomic E-state index is 5.56. The Morgan fingerprint density at radius 2 is 1.90 bits per heavy atom. The van der Waals surface area contributed by atoms with E-state index in [1.165, 1.54) is 5.56 Å². The molecule has 2 rings (SSSR count). The van der Waals surface area contributed by atoms with Crippen LogP contribution in [0.15, 0.2) is 53.0 Å². The van der Waals surface area contributed by atoms with Crippen molar-refractivity contribution in [2.45, 2.75) is 19.5 Å². The average Bonchev–Trinajstić information content (AvgIpc) is 2.52. The van der Waals surface area contributed by atoms with Gasteiger partial charge in [-0.15, -0.1) is 6.42 Å². The molecule has 2 aromatic rings. The zero-order valence-electron chi connectivity index (χ0n) is 12.0. The van der Waals surface area contributed by atoms with Gasteiger partial charge in [0.25, 0.3) is 0 Å². The van der Waals surface area contributed by atoms with Crippen LogP contribution in [0.2, 0.25) is 0 Å². The third kappa shape index (κ3) is 4.63. The Kier molecular flexibility index (Phi) is 5.86. The van der Waals surface area contributed by atoms with Crippen molar-refractivity contribution in [2.24, 2.45) is 0 Å². The standard InChI is InChI=1S/C18H18BrNO/c1-3-12-21-18-7-5-4-6-16(18)13-20-14(2)15-8-10-17(19)11-9-15/h1,4-11,14,20H,12-13H2,2H3. The number of benzene rings is 2. The van der Waals surface area contributed by atoms with Gasteiger partial charge in [0.1, 0.15) is 12.4 Å². The Labute approximate surface area is 134 Å². The van der Waals surface area contributed by atoms with Gasteiger partial charge in [0.05, 0.1) is 0 Å². The van der Waals surface area contributed by atoms with E-state index in [0.717, 1.165) is 22.3 Å². The van der Waals surface area contributed by atoms with Crippen LogP contribution in [0.1, 0.15) is 24.1 Å². The topological polar surface area (TPSA) is 21.3 Å². The predicted molar refractivity (Wildman–Crippen MR) is 90.2 cm³/mol. The smallest absolute Gasteiger partial charge is 0.148 e. The third-order valence-corrected chi connectivity index (χ3v) is 3.78. The maximum absolute atomic E-state index is 5.56. The lowest BCUT2D eigenvalue weighted by atomic mass is 10.1. The Hall–Kier alpha value is -1.76. The van der Waals surface area contributed by atoms with E-state index in [1.54, 1.807) is 0 Å². The van der Waals surface area contributed by atoms with Crippen molar-refractivity contribution in [3.63, 3.8) is 0 Å². The molecule has 0 amide bonds. The second-order valence-electron chi connectivity index (χ2n) is 4.75. The molecule has 0 heterocycles. The van der Waals surface area contributed by atoms with Gasteiger partial charge < -0.3 is 10.1 Å². The number of hydrogen-bond donors (Lipinski definition) is 1. The molecule has 108 valence electrons. The summed E-state index contributed by atoms with van der Waals surface area (Å²) in [4.78, 5) is 0. The molecule has 3 heteroatoms. The van der Waals surface area contributed by atoms with E-state index in [1.807, 2.05) is 24.3 Å². The number of nitrogens with one attached hydrogen (secondary N) is 1. The summed E-state index contributed by atoms with van der Waals surface area (Å²) in [6, 6.07) is 16.5. The van der Waals surface area contributed by atoms with Gasteiger partial charge in [-0.2, -0.15) is 0 Å². The second-order valence-corrected chi connectivity index (χ2v) is 5.67. The van der Waals surface area contributed by atoms with Crippen molar-refractivity contribution in [3.05, 3.63) is 64.1 Å². The lowest BCUT2D eigenvalue weighted by molar-refractivity contribution is 0.364. The Bertz CT molecular complexity index is 616. The zero-order valence-corrected chi connectivity index (χ0v) is 13.6. The highest BCUT2D eigenvalue weighted by molar-refractivity contribution is 9.10. The largest absolute Gasteiger partial charge is 0.481 e. The van der Waals surface area contributed by atoms with Crippen molar-refractivity contribution in [2.75, 3.05) is 6.61 Å². The summed E-state index contributed by atoms with van der Waals surface area (Å²) in [5, 5.41) is 3.50. The van der Waals surface area contributed by atoms with Gasteiger partial charge in [0.15, 0.2) is 0 Å². The molecule has 0 saturated carbocycles. The van der Waals surface area contributed by atoms with Crippen LogP contribution in [-0.4, -0.2) is 6.61 Å². The summed E-state index contributed by atoms with van der Waals surface area (Å²) in [6.07, 6.45) is 5.24. The van der Waals surface area contributed by atoms with E-state index in [2.05, 4.69) is 58.4 Å². The molecule has 0 bridgehead atoms. The van der Waals surface area contributed by atoms with Crippen LogP contribution in [0.5, 0.6) is 5.75 Å². The van der Waals surface area contributed by atoms with E-state index in [9.17, 15) is 0 Å². The molecular weight excluding hydrogens is 326 g/mol. The summed E-state index contributed by atoms with van der Waals surface area (Å²) in [7, 11) is 0. The first-order valence-electron chi connectivity index (χ1n) is 6.83. The van der Waals surface area contributed by atoms with Crippen molar-refractivity contribution >= 4 is 15.9 Å². The minimum atomic E-state index is 0.263. The molecule has 1 unspecified atom stereocenters. The molecule has 0 aromatic heterocycles. The van der Waals surface area contributed by atoms with Crippen molar-refractivity contribution < 1.29 is 4.74 Å². The van der Waals surface area contributed by atoms with E-state index < -0.39 is 0 Å². The zero-order chi connectivity index (χ0) is 15.1. The summed E-state index contributed by atoms with van der Waals surface area (Å²) >= 11 is 3.45. The summed E-state index contributed by atoms with van der Waals surface area (Å²) < 4.78 is 6.65. The summed E-state index contributed by atoms with van der Waals surface area (Å²) in [6.45, 7) is 3.17. The van der Waals surface area contributed by atoms with Gasteiger partial charge in [-0.1, -0.05) is 52.2 Å². The van der Waals surface area contributed by atoms with Crippen molar-refractivity contribution in [1.29, 1.82) is 0 Å². The number of ether oxygens (including phenoxy) is 1. The van der Waals surface area contributed by atoms with Gasteiger partial charge in [-0.05, 0) is 30.7 Å². The average molecular weight is 344 g/mol. The van der Waals surface area contributed by atoms with Crippen LogP contribution in [0.4, 0.5) is 0 Å². The highest BCUT2D eigenvalue weighted by Gasteiger charge is 2.07. The fourth-order valence-electron chi connectivity index (χ4n) is 2.04. The highest BCUT2D eigenvalue weighted by atomic mass is 79.9. The lowest BCUT2D eigenvalue weighted by Gasteiger charge is -2.16. The molecule has 2 nitrogen and oxygen atoms in total. The summed E-state index contributed by atoms with van der Waals surface area (Å²) in [5.74, 6) is 3.33. The molecule has 0 aliphatic carbocycles. The molecule has 21 heavy (non-hydrogen) atoms. The molecule has 0 fully saturated rings. The fourth-order valence-corrected chi connectivity index (χ4v) is 2.31. The Balaban J connectivity index is 1.99. The second kappa shape index (κ2) is 7.87. The van der Waals surface area contributed by atoms with Gasteiger partial charge in [0, 0.05) is 22.6 Å². The first kappa shape index (κ1) is 15.6. The molecule has 0 aliphatic rings. The monoisotopic (exact) mass is 343 g/mol. The van der Waals surface area contributed by atoms with E-state index in [4.69, 9.17) is 11.2 Å².